The first-order chi connectivity index (χ1) is 9.70. The molecule has 0 N–H and O–H groups in total. The number of ether oxygens (including phenoxy) is 2. The minimum absolute atomic E-state index is 0.384. The minimum atomic E-state index is -1.82. The van der Waals surface area contributed by atoms with Gasteiger partial charge in [0.05, 0.1) is 12.7 Å². The van der Waals surface area contributed by atoms with Crippen molar-refractivity contribution in [2.45, 2.75) is 63.6 Å². The molecule has 0 aromatic carbocycles. The van der Waals surface area contributed by atoms with E-state index in [2.05, 4.69) is 6.55 Å². The van der Waals surface area contributed by atoms with Gasteiger partial charge in [-0.1, -0.05) is 32.1 Å². The van der Waals surface area contributed by atoms with Crippen molar-refractivity contribution in [3.05, 3.63) is 0 Å². The van der Waals surface area contributed by atoms with Crippen LogP contribution < -0.4 is 0 Å². The normalized spacial score (nSPS) is 19.1. The molecule has 0 radical (unpaired) electrons. The summed E-state index contributed by atoms with van der Waals surface area (Å²) >= 11 is 0. The van der Waals surface area contributed by atoms with E-state index < -0.39 is 8.56 Å². The van der Waals surface area contributed by atoms with Gasteiger partial charge < -0.3 is 18.3 Å². The van der Waals surface area contributed by atoms with Crippen LogP contribution in [0.2, 0.25) is 12.6 Å². The van der Waals surface area contributed by atoms with Crippen molar-refractivity contribution in [1.82, 2.24) is 0 Å². The van der Waals surface area contributed by atoms with E-state index in [9.17, 15) is 0 Å². The average Bonchev–Trinajstić information content (AvgIpc) is 2.42. The molecule has 1 rings (SSSR count). The van der Waals surface area contributed by atoms with E-state index in [4.69, 9.17) is 18.3 Å². The monoisotopic (exact) mass is 304 g/mol. The van der Waals surface area contributed by atoms with Crippen LogP contribution in [-0.4, -0.2) is 48.7 Å². The van der Waals surface area contributed by atoms with Crippen molar-refractivity contribution in [3.8, 4) is 0 Å². The Morgan fingerprint density at radius 2 is 1.60 bits per heavy atom. The van der Waals surface area contributed by atoms with Gasteiger partial charge in [-0.2, -0.15) is 0 Å². The molecule has 0 spiro atoms. The molecule has 0 aromatic heterocycles. The maximum atomic E-state index is 5.59. The molecule has 1 atom stereocenters. The van der Waals surface area contributed by atoms with Gasteiger partial charge in [0.1, 0.15) is 0 Å². The van der Waals surface area contributed by atoms with Crippen LogP contribution in [0, 0.1) is 0 Å². The van der Waals surface area contributed by atoms with Gasteiger partial charge in [-0.3, -0.25) is 0 Å². The highest BCUT2D eigenvalue weighted by molar-refractivity contribution is 6.65. The summed E-state index contributed by atoms with van der Waals surface area (Å²) in [5.74, 6) is 0. The van der Waals surface area contributed by atoms with Crippen molar-refractivity contribution >= 4 is 8.56 Å². The van der Waals surface area contributed by atoms with E-state index in [0.29, 0.717) is 6.10 Å². The Balaban J connectivity index is 1.78. The highest BCUT2D eigenvalue weighted by Gasteiger charge is 2.27. The first-order valence-electron chi connectivity index (χ1n) is 8.00. The molecule has 4 nitrogen and oxygen atoms in total. The maximum absolute atomic E-state index is 5.59. The highest BCUT2D eigenvalue weighted by Crippen LogP contribution is 2.17. The van der Waals surface area contributed by atoms with E-state index in [-0.39, 0.29) is 0 Å². The first-order valence-corrected chi connectivity index (χ1v) is 10.5. The van der Waals surface area contributed by atoms with E-state index >= 15 is 0 Å². The first kappa shape index (κ1) is 18.1. The second kappa shape index (κ2) is 10.7. The second-order valence-electron chi connectivity index (χ2n) is 5.77. The lowest BCUT2D eigenvalue weighted by Gasteiger charge is -2.25. The molecular formula is C15H32O4Si. The van der Waals surface area contributed by atoms with Gasteiger partial charge >= 0.3 is 8.56 Å². The summed E-state index contributed by atoms with van der Waals surface area (Å²) in [6.07, 6.45) is 9.13. The molecule has 1 saturated heterocycles. The number of unbranched alkanes of at least 4 members (excludes halogenated alkanes) is 5. The predicted molar refractivity (Wildman–Crippen MR) is 83.3 cm³/mol. The summed E-state index contributed by atoms with van der Waals surface area (Å²) in [5, 5.41) is 0. The molecule has 0 aromatic rings. The molecule has 1 aliphatic heterocycles. The molecule has 0 saturated carbocycles. The van der Waals surface area contributed by atoms with E-state index in [1.54, 1.807) is 14.2 Å². The Kier molecular flexibility index (Phi) is 9.72. The van der Waals surface area contributed by atoms with Gasteiger partial charge in [-0.25, -0.2) is 0 Å². The molecule has 1 unspecified atom stereocenters. The molecule has 0 aliphatic carbocycles. The van der Waals surface area contributed by atoms with Crippen LogP contribution in [-0.2, 0) is 18.3 Å². The topological polar surface area (TPSA) is 36.9 Å². The van der Waals surface area contributed by atoms with Crippen molar-refractivity contribution in [2.75, 3.05) is 34.0 Å². The molecule has 1 fully saturated rings. The van der Waals surface area contributed by atoms with E-state index in [1.807, 2.05) is 0 Å². The molecule has 0 amide bonds. The maximum Gasteiger partial charge on any atom is 0.334 e. The fourth-order valence-corrected chi connectivity index (χ4v) is 3.74. The van der Waals surface area contributed by atoms with Gasteiger partial charge in [-0.05, 0) is 25.4 Å². The third-order valence-corrected chi connectivity index (χ3v) is 7.12. The van der Waals surface area contributed by atoms with Gasteiger partial charge in [0.15, 0.2) is 0 Å². The van der Waals surface area contributed by atoms with Gasteiger partial charge in [-0.15, -0.1) is 0 Å². The standard InChI is InChI=1S/C15H32O4Si/c1-16-20(3,17-2)13-9-7-5-4-6-8-11-18-14-15-10-12-19-15/h15H,4-14H2,1-3H3. The quantitative estimate of drug-likeness (QED) is 0.385. The average molecular weight is 305 g/mol. The van der Waals surface area contributed by atoms with E-state index in [0.717, 1.165) is 25.9 Å². The Hall–Kier alpha value is 0.0569. The van der Waals surface area contributed by atoms with Crippen molar-refractivity contribution in [2.24, 2.45) is 0 Å². The van der Waals surface area contributed by atoms with Crippen molar-refractivity contribution in [1.29, 1.82) is 0 Å². The Labute approximate surface area is 125 Å². The van der Waals surface area contributed by atoms with Crippen molar-refractivity contribution < 1.29 is 18.3 Å². The molecule has 1 heterocycles. The summed E-state index contributed by atoms with van der Waals surface area (Å²) < 4.78 is 21.9. The number of hydrogen-bond acceptors (Lipinski definition) is 4. The van der Waals surface area contributed by atoms with Crippen LogP contribution in [0.5, 0.6) is 0 Å². The largest absolute Gasteiger partial charge is 0.398 e. The lowest BCUT2D eigenvalue weighted by atomic mass is 10.1. The van der Waals surface area contributed by atoms with Crippen molar-refractivity contribution in [3.63, 3.8) is 0 Å². The predicted octanol–water partition coefficient (Wildman–Crippen LogP) is 3.50. The molecule has 0 bridgehead atoms. The summed E-state index contributed by atoms with van der Waals surface area (Å²) in [5.41, 5.74) is 0. The zero-order chi connectivity index (χ0) is 14.7. The molecule has 120 valence electrons. The summed E-state index contributed by atoms with van der Waals surface area (Å²) in [6, 6.07) is 1.10. The fraction of sp³-hybridized carbons (Fsp3) is 1.00. The highest BCUT2D eigenvalue weighted by atomic mass is 28.4. The van der Waals surface area contributed by atoms with Crippen LogP contribution in [0.1, 0.15) is 44.9 Å². The van der Waals surface area contributed by atoms with Crippen LogP contribution in [0.3, 0.4) is 0 Å². The zero-order valence-electron chi connectivity index (χ0n) is 13.5. The Bertz CT molecular complexity index is 230. The second-order valence-corrected chi connectivity index (χ2v) is 9.35. The van der Waals surface area contributed by atoms with E-state index in [1.165, 1.54) is 44.9 Å². The summed E-state index contributed by atoms with van der Waals surface area (Å²) in [6.45, 7) is 4.73. The number of rotatable bonds is 13. The van der Waals surface area contributed by atoms with Gasteiger partial charge in [0.2, 0.25) is 0 Å². The molecular weight excluding hydrogens is 272 g/mol. The van der Waals surface area contributed by atoms with Gasteiger partial charge in [0, 0.05) is 27.4 Å². The molecule has 1 aliphatic rings. The summed E-state index contributed by atoms with van der Waals surface area (Å²) in [7, 11) is 1.71. The van der Waals surface area contributed by atoms with Crippen LogP contribution >= 0.6 is 0 Å². The number of hydrogen-bond donors (Lipinski definition) is 0. The fourth-order valence-electron chi connectivity index (χ4n) is 2.28. The zero-order valence-corrected chi connectivity index (χ0v) is 14.5. The Morgan fingerprint density at radius 1 is 1.00 bits per heavy atom. The third kappa shape index (κ3) is 7.74. The minimum Gasteiger partial charge on any atom is -0.398 e. The van der Waals surface area contributed by atoms with Crippen LogP contribution in [0.15, 0.2) is 0 Å². The lowest BCUT2D eigenvalue weighted by molar-refractivity contribution is -0.0939. The SMILES string of the molecule is CO[Si](C)(CCCCCCCCOCC1CCO1)OC. The summed E-state index contributed by atoms with van der Waals surface area (Å²) in [4.78, 5) is 0. The van der Waals surface area contributed by atoms with Gasteiger partial charge in [0.25, 0.3) is 0 Å². The van der Waals surface area contributed by atoms with Crippen LogP contribution in [0.25, 0.3) is 0 Å². The van der Waals surface area contributed by atoms with Crippen LogP contribution in [0.4, 0.5) is 0 Å². The smallest absolute Gasteiger partial charge is 0.334 e. The molecule has 20 heavy (non-hydrogen) atoms. The Morgan fingerprint density at radius 3 is 2.15 bits per heavy atom. The third-order valence-electron chi connectivity index (χ3n) is 4.13. The molecule has 5 heteroatoms. The lowest BCUT2D eigenvalue weighted by Crippen LogP contribution is -2.35.